The number of hydrogen-bond acceptors (Lipinski definition) is 4. The average molecular weight is 232 g/mol. The second-order valence-corrected chi connectivity index (χ2v) is 3.91. The lowest BCUT2D eigenvalue weighted by atomic mass is 10.3. The highest BCUT2D eigenvalue weighted by atomic mass is 28.1. The van der Waals surface area contributed by atoms with Crippen LogP contribution in [0.4, 0.5) is 0 Å². The zero-order chi connectivity index (χ0) is 11.7. The van der Waals surface area contributed by atoms with Crippen molar-refractivity contribution < 1.29 is 19.0 Å². The van der Waals surface area contributed by atoms with Crippen molar-refractivity contribution in [3.05, 3.63) is 11.6 Å². The minimum absolute atomic E-state index is 0.102. The molecule has 15 heavy (non-hydrogen) atoms. The Morgan fingerprint density at radius 2 is 2.00 bits per heavy atom. The number of carbonyl (C=O) groups excluding carboxylic acids is 1. The maximum atomic E-state index is 10.3. The molecular formula is C10H20O4Si. The van der Waals surface area contributed by atoms with Crippen molar-refractivity contribution in [1.29, 1.82) is 0 Å². The minimum atomic E-state index is -0.181. The standard InChI is InChI=1S/C5H14O2Si.C5H6O2/c1-3-6-5(8)7-4-2;1-4-2-3-7-5(4)6/h5H,3-4H2,1-2,8H3;2H,3H2,1H3. The minimum Gasteiger partial charge on any atom is -0.458 e. The van der Waals surface area contributed by atoms with Crippen LogP contribution in [0.15, 0.2) is 11.6 Å². The maximum absolute atomic E-state index is 10.3. The lowest BCUT2D eigenvalue weighted by Gasteiger charge is -2.09. The maximum Gasteiger partial charge on any atom is 0.333 e. The third kappa shape index (κ3) is 7.30. The molecule has 0 radical (unpaired) electrons. The highest BCUT2D eigenvalue weighted by molar-refractivity contribution is 6.10. The zero-order valence-electron chi connectivity index (χ0n) is 9.91. The van der Waals surface area contributed by atoms with Crippen LogP contribution in [-0.2, 0) is 19.0 Å². The van der Waals surface area contributed by atoms with Crippen molar-refractivity contribution in [2.24, 2.45) is 0 Å². The summed E-state index contributed by atoms with van der Waals surface area (Å²) in [6, 6.07) is 0. The van der Waals surface area contributed by atoms with E-state index in [2.05, 4.69) is 4.74 Å². The molecule has 0 aliphatic carbocycles. The Morgan fingerprint density at radius 3 is 2.20 bits per heavy atom. The molecule has 5 heteroatoms. The fourth-order valence-electron chi connectivity index (χ4n) is 0.957. The van der Waals surface area contributed by atoms with E-state index in [0.717, 1.165) is 29.0 Å². The average Bonchev–Trinajstić information content (AvgIpc) is 2.53. The van der Waals surface area contributed by atoms with Gasteiger partial charge in [-0.3, -0.25) is 0 Å². The molecule has 1 aliphatic rings. The van der Waals surface area contributed by atoms with E-state index in [1.54, 1.807) is 13.0 Å². The summed E-state index contributed by atoms with van der Waals surface area (Å²) in [4.78, 5) is 10.3. The molecule has 0 saturated heterocycles. The van der Waals surface area contributed by atoms with Crippen molar-refractivity contribution in [1.82, 2.24) is 0 Å². The van der Waals surface area contributed by atoms with Gasteiger partial charge in [0, 0.05) is 18.8 Å². The highest BCUT2D eigenvalue weighted by Gasteiger charge is 2.09. The van der Waals surface area contributed by atoms with Crippen LogP contribution in [0.1, 0.15) is 20.8 Å². The molecule has 0 aromatic rings. The van der Waals surface area contributed by atoms with Crippen LogP contribution >= 0.6 is 0 Å². The Hall–Kier alpha value is -0.653. The molecule has 0 aromatic heterocycles. The Kier molecular flexibility index (Phi) is 8.26. The van der Waals surface area contributed by atoms with E-state index >= 15 is 0 Å². The van der Waals surface area contributed by atoms with E-state index in [9.17, 15) is 4.79 Å². The van der Waals surface area contributed by atoms with Crippen LogP contribution in [-0.4, -0.2) is 41.9 Å². The molecule has 88 valence electrons. The number of rotatable bonds is 4. The third-order valence-corrected chi connectivity index (χ3v) is 2.40. The molecule has 0 amide bonds. The van der Waals surface area contributed by atoms with Gasteiger partial charge in [-0.05, 0) is 26.8 Å². The molecule has 1 heterocycles. The van der Waals surface area contributed by atoms with Gasteiger partial charge in [0.05, 0.1) is 10.2 Å². The van der Waals surface area contributed by atoms with E-state index in [0.29, 0.717) is 6.61 Å². The van der Waals surface area contributed by atoms with Crippen LogP contribution in [0.2, 0.25) is 0 Å². The zero-order valence-corrected chi connectivity index (χ0v) is 11.9. The van der Waals surface area contributed by atoms with E-state index in [4.69, 9.17) is 9.47 Å². The number of ether oxygens (including phenoxy) is 3. The SMILES string of the molecule is CC1=CCOC1=O.CCOC([SiH3])OCC. The summed E-state index contributed by atoms with van der Waals surface area (Å²) in [7, 11) is 0.964. The first-order chi connectivity index (χ1) is 7.11. The van der Waals surface area contributed by atoms with Gasteiger partial charge in [-0.2, -0.15) is 0 Å². The van der Waals surface area contributed by atoms with Crippen LogP contribution in [0, 0.1) is 0 Å². The van der Waals surface area contributed by atoms with Gasteiger partial charge in [-0.1, -0.05) is 0 Å². The Bertz CT molecular complexity index is 209. The van der Waals surface area contributed by atoms with Gasteiger partial charge in [0.15, 0.2) is 0 Å². The highest BCUT2D eigenvalue weighted by Crippen LogP contribution is 2.02. The molecule has 0 saturated carbocycles. The summed E-state index contributed by atoms with van der Waals surface area (Å²) >= 11 is 0. The lowest BCUT2D eigenvalue weighted by Crippen LogP contribution is -2.16. The van der Waals surface area contributed by atoms with Gasteiger partial charge in [-0.25, -0.2) is 4.79 Å². The van der Waals surface area contributed by atoms with E-state index < -0.39 is 0 Å². The lowest BCUT2D eigenvalue weighted by molar-refractivity contribution is -0.135. The second-order valence-electron chi connectivity index (χ2n) is 2.96. The Balaban J connectivity index is 0.000000262. The monoisotopic (exact) mass is 232 g/mol. The third-order valence-electron chi connectivity index (χ3n) is 1.73. The van der Waals surface area contributed by atoms with Crippen LogP contribution < -0.4 is 0 Å². The van der Waals surface area contributed by atoms with Crippen molar-refractivity contribution >= 4 is 16.2 Å². The molecular weight excluding hydrogens is 212 g/mol. The van der Waals surface area contributed by atoms with Gasteiger partial charge in [0.1, 0.15) is 12.5 Å². The van der Waals surface area contributed by atoms with Gasteiger partial charge >= 0.3 is 5.97 Å². The van der Waals surface area contributed by atoms with Crippen molar-refractivity contribution in [2.45, 2.75) is 26.7 Å². The number of esters is 1. The number of hydrogen-bond donors (Lipinski definition) is 0. The molecule has 0 aromatic carbocycles. The molecule has 1 aliphatic heterocycles. The first-order valence-corrected chi connectivity index (χ1v) is 6.34. The molecule has 0 bridgehead atoms. The first-order valence-electron chi connectivity index (χ1n) is 5.18. The molecule has 0 unspecified atom stereocenters. The predicted octanol–water partition coefficient (Wildman–Crippen LogP) is 0.198. The van der Waals surface area contributed by atoms with Crippen molar-refractivity contribution in [3.8, 4) is 0 Å². The topological polar surface area (TPSA) is 44.8 Å². The summed E-state index contributed by atoms with van der Waals surface area (Å²) in [5, 5.41) is 0. The molecule has 1 rings (SSSR count). The number of carbonyl (C=O) groups is 1. The van der Waals surface area contributed by atoms with E-state index in [-0.39, 0.29) is 11.9 Å². The first kappa shape index (κ1) is 14.3. The van der Waals surface area contributed by atoms with Crippen LogP contribution in [0.3, 0.4) is 0 Å². The van der Waals surface area contributed by atoms with Crippen molar-refractivity contribution in [3.63, 3.8) is 0 Å². The van der Waals surface area contributed by atoms with Crippen molar-refractivity contribution in [2.75, 3.05) is 19.8 Å². The summed E-state index contributed by atoms with van der Waals surface area (Å²) < 4.78 is 14.8. The van der Waals surface area contributed by atoms with Crippen LogP contribution in [0.5, 0.6) is 0 Å². The molecule has 0 atom stereocenters. The fraction of sp³-hybridized carbons (Fsp3) is 0.700. The number of cyclic esters (lactones) is 1. The van der Waals surface area contributed by atoms with Gasteiger partial charge < -0.3 is 14.2 Å². The van der Waals surface area contributed by atoms with E-state index in [1.165, 1.54) is 0 Å². The summed E-state index contributed by atoms with van der Waals surface area (Å²) in [6.45, 7) is 7.68. The normalized spacial score (nSPS) is 14.7. The van der Waals surface area contributed by atoms with Gasteiger partial charge in [0.25, 0.3) is 0 Å². The molecule has 0 fully saturated rings. The molecule has 4 nitrogen and oxygen atoms in total. The molecule has 0 spiro atoms. The fourth-order valence-corrected chi connectivity index (χ4v) is 1.62. The van der Waals surface area contributed by atoms with Gasteiger partial charge in [0.2, 0.25) is 0 Å². The Morgan fingerprint density at radius 1 is 1.47 bits per heavy atom. The Labute approximate surface area is 94.0 Å². The van der Waals surface area contributed by atoms with E-state index in [1.807, 2.05) is 13.8 Å². The second kappa shape index (κ2) is 8.64. The predicted molar refractivity (Wildman–Crippen MR) is 61.7 cm³/mol. The summed E-state index contributed by atoms with van der Waals surface area (Å²) in [6.07, 6.45) is 1.77. The smallest absolute Gasteiger partial charge is 0.333 e. The molecule has 0 N–H and O–H groups in total. The van der Waals surface area contributed by atoms with Crippen LogP contribution in [0.25, 0.3) is 0 Å². The van der Waals surface area contributed by atoms with Gasteiger partial charge in [-0.15, -0.1) is 0 Å². The summed E-state index contributed by atoms with van der Waals surface area (Å²) in [5.74, 6) is -0.0787. The quantitative estimate of drug-likeness (QED) is 0.394. The summed E-state index contributed by atoms with van der Waals surface area (Å²) in [5.41, 5.74) is 0.722. The largest absolute Gasteiger partial charge is 0.458 e.